The summed E-state index contributed by atoms with van der Waals surface area (Å²) in [4.78, 5) is 14.3. The van der Waals surface area contributed by atoms with Crippen molar-refractivity contribution in [2.45, 2.75) is 58.5 Å². The highest BCUT2D eigenvalue weighted by atomic mass is 16.7. The number of likely N-dealkylation sites (tertiary alicyclic amines) is 1. The van der Waals surface area contributed by atoms with Crippen LogP contribution in [0.25, 0.3) is 0 Å². The standard InChI is InChI=1S/C20H31NO5/c1-5-23-15-24-14-17-11-18(25-13-16-9-7-6-8-10-16)12-21(17)19(22)26-20(2,3)4/h6-10,17-18H,5,11-15H2,1-4H3/t17-,18+/m0/s1. The molecule has 146 valence electrons. The maximum absolute atomic E-state index is 12.5. The molecule has 1 saturated heterocycles. The number of hydrogen-bond donors (Lipinski definition) is 0. The molecule has 2 rings (SSSR count). The molecule has 6 heteroatoms. The zero-order valence-electron chi connectivity index (χ0n) is 16.3. The van der Waals surface area contributed by atoms with Crippen LogP contribution in [0, 0.1) is 0 Å². The van der Waals surface area contributed by atoms with Gasteiger partial charge < -0.3 is 23.8 Å². The highest BCUT2D eigenvalue weighted by molar-refractivity contribution is 5.69. The van der Waals surface area contributed by atoms with Crippen LogP contribution in [0.3, 0.4) is 0 Å². The first-order chi connectivity index (χ1) is 12.4. The first-order valence-corrected chi connectivity index (χ1v) is 9.19. The van der Waals surface area contributed by atoms with Crippen molar-refractivity contribution in [2.24, 2.45) is 0 Å². The molecule has 0 N–H and O–H groups in total. The summed E-state index contributed by atoms with van der Waals surface area (Å²) >= 11 is 0. The smallest absolute Gasteiger partial charge is 0.410 e. The SMILES string of the molecule is CCOCOC[C@@H]1C[C@@H](OCc2ccccc2)CN1C(=O)OC(C)(C)C. The van der Waals surface area contributed by atoms with Crippen LogP contribution in [0.4, 0.5) is 4.79 Å². The second-order valence-corrected chi connectivity index (χ2v) is 7.42. The quantitative estimate of drug-likeness (QED) is 0.520. The molecule has 1 fully saturated rings. The second kappa shape index (κ2) is 9.90. The molecule has 1 aromatic carbocycles. The van der Waals surface area contributed by atoms with Gasteiger partial charge in [0.05, 0.1) is 31.9 Å². The van der Waals surface area contributed by atoms with Gasteiger partial charge in [0.2, 0.25) is 0 Å². The van der Waals surface area contributed by atoms with Gasteiger partial charge in [0, 0.05) is 6.61 Å². The Hall–Kier alpha value is -1.63. The fourth-order valence-electron chi connectivity index (χ4n) is 2.81. The number of rotatable bonds is 8. The van der Waals surface area contributed by atoms with E-state index in [1.54, 1.807) is 4.90 Å². The molecular weight excluding hydrogens is 334 g/mol. The van der Waals surface area contributed by atoms with E-state index in [4.69, 9.17) is 18.9 Å². The van der Waals surface area contributed by atoms with Gasteiger partial charge >= 0.3 is 6.09 Å². The maximum Gasteiger partial charge on any atom is 0.410 e. The Kier molecular flexibility index (Phi) is 7.87. The van der Waals surface area contributed by atoms with Crippen LogP contribution in [0.1, 0.15) is 39.7 Å². The van der Waals surface area contributed by atoms with Gasteiger partial charge in [-0.25, -0.2) is 4.79 Å². The number of nitrogens with zero attached hydrogens (tertiary/aromatic N) is 1. The van der Waals surface area contributed by atoms with Gasteiger partial charge in [0.15, 0.2) is 0 Å². The second-order valence-electron chi connectivity index (χ2n) is 7.42. The summed E-state index contributed by atoms with van der Waals surface area (Å²) in [5.41, 5.74) is 0.587. The van der Waals surface area contributed by atoms with Gasteiger partial charge in [0.1, 0.15) is 12.4 Å². The number of carbonyl (C=O) groups is 1. The van der Waals surface area contributed by atoms with E-state index in [0.29, 0.717) is 26.4 Å². The van der Waals surface area contributed by atoms with E-state index in [1.807, 2.05) is 58.0 Å². The lowest BCUT2D eigenvalue weighted by molar-refractivity contribution is -0.0647. The summed E-state index contributed by atoms with van der Waals surface area (Å²) in [6.45, 7) is 9.78. The molecule has 0 unspecified atom stereocenters. The van der Waals surface area contributed by atoms with E-state index in [9.17, 15) is 4.79 Å². The van der Waals surface area contributed by atoms with Crippen molar-refractivity contribution >= 4 is 6.09 Å². The van der Waals surface area contributed by atoms with Crippen molar-refractivity contribution in [2.75, 3.05) is 26.6 Å². The van der Waals surface area contributed by atoms with Gasteiger partial charge in [0.25, 0.3) is 0 Å². The van der Waals surface area contributed by atoms with Crippen LogP contribution in [0.15, 0.2) is 30.3 Å². The average Bonchev–Trinajstić information content (AvgIpc) is 3.00. The van der Waals surface area contributed by atoms with E-state index < -0.39 is 5.60 Å². The van der Waals surface area contributed by atoms with E-state index in [2.05, 4.69) is 0 Å². The van der Waals surface area contributed by atoms with Crippen molar-refractivity contribution in [1.82, 2.24) is 4.90 Å². The van der Waals surface area contributed by atoms with Gasteiger partial charge in [-0.05, 0) is 39.7 Å². The van der Waals surface area contributed by atoms with Gasteiger partial charge in [-0.3, -0.25) is 0 Å². The Morgan fingerprint density at radius 3 is 2.58 bits per heavy atom. The summed E-state index contributed by atoms with van der Waals surface area (Å²) in [5, 5.41) is 0. The lowest BCUT2D eigenvalue weighted by Gasteiger charge is -2.28. The minimum atomic E-state index is -0.531. The van der Waals surface area contributed by atoms with Crippen molar-refractivity contribution in [3.63, 3.8) is 0 Å². The molecule has 0 aliphatic carbocycles. The molecule has 1 heterocycles. The number of benzene rings is 1. The Morgan fingerprint density at radius 1 is 1.19 bits per heavy atom. The molecule has 1 aliphatic rings. The maximum atomic E-state index is 12.5. The average molecular weight is 365 g/mol. The highest BCUT2D eigenvalue weighted by Crippen LogP contribution is 2.24. The normalized spacial score (nSPS) is 20.4. The molecule has 0 bridgehead atoms. The lowest BCUT2D eigenvalue weighted by atomic mass is 10.2. The highest BCUT2D eigenvalue weighted by Gasteiger charge is 2.38. The first kappa shape index (κ1) is 20.7. The third-order valence-electron chi connectivity index (χ3n) is 4.01. The molecule has 0 aromatic heterocycles. The molecule has 0 radical (unpaired) electrons. The molecule has 0 spiro atoms. The van der Waals surface area contributed by atoms with Gasteiger partial charge in [-0.2, -0.15) is 0 Å². The summed E-state index contributed by atoms with van der Waals surface area (Å²) in [5.74, 6) is 0. The van der Waals surface area contributed by atoms with Crippen molar-refractivity contribution in [1.29, 1.82) is 0 Å². The predicted molar refractivity (Wildman–Crippen MR) is 98.8 cm³/mol. The minimum absolute atomic E-state index is 0.0385. The topological polar surface area (TPSA) is 57.2 Å². The molecule has 6 nitrogen and oxygen atoms in total. The van der Waals surface area contributed by atoms with Crippen LogP contribution in [-0.2, 0) is 25.6 Å². The third-order valence-corrected chi connectivity index (χ3v) is 4.01. The number of hydrogen-bond acceptors (Lipinski definition) is 5. The first-order valence-electron chi connectivity index (χ1n) is 9.19. The largest absolute Gasteiger partial charge is 0.444 e. The monoisotopic (exact) mass is 365 g/mol. The third kappa shape index (κ3) is 6.94. The zero-order valence-corrected chi connectivity index (χ0v) is 16.3. The molecule has 0 saturated carbocycles. The minimum Gasteiger partial charge on any atom is -0.444 e. The Morgan fingerprint density at radius 2 is 1.92 bits per heavy atom. The number of ether oxygens (including phenoxy) is 4. The number of carbonyl (C=O) groups excluding carboxylic acids is 1. The summed E-state index contributed by atoms with van der Waals surface area (Å²) in [6, 6.07) is 9.95. The van der Waals surface area contributed by atoms with Crippen molar-refractivity contribution < 1.29 is 23.7 Å². The molecule has 1 amide bonds. The molecule has 1 aliphatic heterocycles. The Balaban J connectivity index is 1.92. The van der Waals surface area contributed by atoms with Crippen molar-refractivity contribution in [3.8, 4) is 0 Å². The lowest BCUT2D eigenvalue weighted by Crippen LogP contribution is -2.42. The van der Waals surface area contributed by atoms with Crippen LogP contribution in [0.5, 0.6) is 0 Å². The van der Waals surface area contributed by atoms with E-state index in [1.165, 1.54) is 0 Å². The molecular formula is C20H31NO5. The molecule has 26 heavy (non-hydrogen) atoms. The molecule has 1 aromatic rings. The van der Waals surface area contributed by atoms with Crippen LogP contribution >= 0.6 is 0 Å². The summed E-state index contributed by atoms with van der Waals surface area (Å²) in [6.07, 6.45) is 0.356. The fourth-order valence-corrected chi connectivity index (χ4v) is 2.81. The Labute approximate surface area is 156 Å². The van der Waals surface area contributed by atoms with Crippen LogP contribution in [0.2, 0.25) is 0 Å². The predicted octanol–water partition coefficient (Wildman–Crippen LogP) is 3.59. The van der Waals surface area contributed by atoms with Gasteiger partial charge in [-0.1, -0.05) is 30.3 Å². The molecule has 2 atom stereocenters. The van der Waals surface area contributed by atoms with Crippen LogP contribution < -0.4 is 0 Å². The fraction of sp³-hybridized carbons (Fsp3) is 0.650. The zero-order chi connectivity index (χ0) is 19.0. The summed E-state index contributed by atoms with van der Waals surface area (Å²) < 4.78 is 22.3. The van der Waals surface area contributed by atoms with E-state index >= 15 is 0 Å². The van der Waals surface area contributed by atoms with Crippen molar-refractivity contribution in [3.05, 3.63) is 35.9 Å². The number of amides is 1. The Bertz CT molecular complexity index is 543. The summed E-state index contributed by atoms with van der Waals surface area (Å²) in [7, 11) is 0. The van der Waals surface area contributed by atoms with E-state index in [0.717, 1.165) is 12.0 Å². The van der Waals surface area contributed by atoms with E-state index in [-0.39, 0.29) is 25.0 Å². The van der Waals surface area contributed by atoms with Crippen LogP contribution in [-0.4, -0.2) is 55.3 Å². The van der Waals surface area contributed by atoms with Gasteiger partial charge in [-0.15, -0.1) is 0 Å².